The zero-order valence-electron chi connectivity index (χ0n) is 20.3. The second-order valence-electron chi connectivity index (χ2n) is 9.56. The Balaban J connectivity index is 1.48. The van der Waals surface area contributed by atoms with Gasteiger partial charge in [-0.05, 0) is 42.5 Å². The number of carbonyl (C=O) groups excluding carboxylic acids is 2. The highest BCUT2D eigenvalue weighted by atomic mass is 35.5. The summed E-state index contributed by atoms with van der Waals surface area (Å²) >= 11 is 6.32. The van der Waals surface area contributed by atoms with Crippen LogP contribution >= 0.6 is 11.6 Å². The quantitative estimate of drug-likeness (QED) is 0.287. The number of fused-ring (bicyclic) bond motifs is 4. The summed E-state index contributed by atoms with van der Waals surface area (Å²) in [5.41, 5.74) is -4.00. The lowest BCUT2D eigenvalue weighted by atomic mass is 9.94. The van der Waals surface area contributed by atoms with Crippen LogP contribution in [0.25, 0.3) is 10.9 Å². The molecule has 3 heterocycles. The SMILES string of the molecule is Cn1cc2cc(NC(=O)N3C[C@@](O)(C(F)(F)F)c4cc(F)ccc43)c3c(c2n1)C(=O)NC3c1cc(F)ccc1Cl. The molecule has 3 amide bonds. The third-order valence-electron chi connectivity index (χ3n) is 7.05. The molecule has 0 fully saturated rings. The van der Waals surface area contributed by atoms with Crippen molar-refractivity contribution < 1.29 is 36.6 Å². The Kier molecular flexibility index (Phi) is 5.62. The van der Waals surface area contributed by atoms with E-state index in [2.05, 4.69) is 15.7 Å². The molecule has 2 aliphatic rings. The Labute approximate surface area is 226 Å². The number of urea groups is 1. The number of anilines is 2. The van der Waals surface area contributed by atoms with Gasteiger partial charge < -0.3 is 15.7 Å². The number of nitrogens with zero attached hydrogens (tertiary/aromatic N) is 3. The summed E-state index contributed by atoms with van der Waals surface area (Å²) < 4.78 is 71.2. The third-order valence-corrected chi connectivity index (χ3v) is 7.40. The minimum atomic E-state index is -5.23. The van der Waals surface area contributed by atoms with Crippen LogP contribution in [-0.4, -0.2) is 39.5 Å². The monoisotopic (exact) mass is 577 g/mol. The fraction of sp³-hybridized carbons (Fsp3) is 0.192. The van der Waals surface area contributed by atoms with Gasteiger partial charge in [0.2, 0.25) is 5.60 Å². The lowest BCUT2D eigenvalue weighted by Crippen LogP contribution is -2.48. The first kappa shape index (κ1) is 26.0. The van der Waals surface area contributed by atoms with Gasteiger partial charge >= 0.3 is 12.2 Å². The molecule has 1 unspecified atom stereocenters. The number of nitrogens with one attached hydrogen (secondary N) is 2. The van der Waals surface area contributed by atoms with Crippen molar-refractivity contribution in [3.63, 3.8) is 0 Å². The Hall–Kier alpha value is -4.23. The summed E-state index contributed by atoms with van der Waals surface area (Å²) in [7, 11) is 1.61. The van der Waals surface area contributed by atoms with Gasteiger partial charge in [-0.1, -0.05) is 11.6 Å². The van der Waals surface area contributed by atoms with Crippen molar-refractivity contribution in [2.45, 2.75) is 17.8 Å². The number of hydrogen-bond donors (Lipinski definition) is 3. The summed E-state index contributed by atoms with van der Waals surface area (Å²) in [4.78, 5) is 27.3. The number of carbonyl (C=O) groups is 2. The number of benzene rings is 3. The molecule has 0 spiro atoms. The van der Waals surface area contributed by atoms with E-state index in [4.69, 9.17) is 11.6 Å². The maximum Gasteiger partial charge on any atom is 0.423 e. The molecule has 40 heavy (non-hydrogen) atoms. The first-order valence-corrected chi connectivity index (χ1v) is 12.1. The first-order valence-electron chi connectivity index (χ1n) is 11.7. The maximum atomic E-state index is 14.2. The number of aromatic nitrogens is 2. The smallest absolute Gasteiger partial charge is 0.375 e. The van der Waals surface area contributed by atoms with Crippen LogP contribution in [0.15, 0.2) is 48.7 Å². The zero-order valence-corrected chi connectivity index (χ0v) is 21.0. The van der Waals surface area contributed by atoms with E-state index < -0.39 is 53.5 Å². The van der Waals surface area contributed by atoms with E-state index >= 15 is 0 Å². The average molecular weight is 578 g/mol. The van der Waals surface area contributed by atoms with Gasteiger partial charge in [0.25, 0.3) is 5.91 Å². The van der Waals surface area contributed by atoms with E-state index in [-0.39, 0.29) is 38.6 Å². The lowest BCUT2D eigenvalue weighted by molar-refractivity contribution is -0.258. The fourth-order valence-corrected chi connectivity index (χ4v) is 5.49. The van der Waals surface area contributed by atoms with E-state index in [9.17, 15) is 36.6 Å². The van der Waals surface area contributed by atoms with Crippen LogP contribution in [0.3, 0.4) is 0 Å². The number of halogens is 6. The Morgan fingerprint density at radius 2 is 1.88 bits per heavy atom. The van der Waals surface area contributed by atoms with Crippen molar-refractivity contribution in [2.75, 3.05) is 16.8 Å². The molecule has 0 saturated carbocycles. The van der Waals surface area contributed by atoms with E-state index in [1.807, 2.05) is 0 Å². The largest absolute Gasteiger partial charge is 0.423 e. The van der Waals surface area contributed by atoms with Gasteiger partial charge in [0.05, 0.1) is 23.8 Å². The van der Waals surface area contributed by atoms with E-state index in [1.165, 1.54) is 16.8 Å². The predicted octanol–water partition coefficient (Wildman–Crippen LogP) is 5.14. The second-order valence-corrected chi connectivity index (χ2v) is 9.97. The molecule has 14 heteroatoms. The van der Waals surface area contributed by atoms with E-state index in [1.54, 1.807) is 13.2 Å². The number of rotatable bonds is 2. The molecule has 4 aromatic rings. The topological polar surface area (TPSA) is 99.5 Å². The summed E-state index contributed by atoms with van der Waals surface area (Å²) in [5, 5.41) is 20.6. The van der Waals surface area contributed by atoms with Gasteiger partial charge in [-0.25, -0.2) is 13.6 Å². The second kappa shape index (κ2) is 8.63. The molecule has 0 radical (unpaired) electrons. The van der Waals surface area contributed by atoms with Crippen LogP contribution in [-0.2, 0) is 12.6 Å². The number of aliphatic hydroxyl groups is 1. The minimum absolute atomic E-state index is 0.00953. The minimum Gasteiger partial charge on any atom is -0.375 e. The van der Waals surface area contributed by atoms with Gasteiger partial charge in [0, 0.05) is 46.0 Å². The zero-order chi connectivity index (χ0) is 28.7. The number of amides is 3. The van der Waals surface area contributed by atoms with Crippen molar-refractivity contribution in [1.82, 2.24) is 15.1 Å². The molecule has 3 aromatic carbocycles. The van der Waals surface area contributed by atoms with Gasteiger partial charge in [-0.15, -0.1) is 0 Å². The summed E-state index contributed by atoms with van der Waals surface area (Å²) in [6, 6.07) is 5.23. The third kappa shape index (κ3) is 3.79. The first-order chi connectivity index (χ1) is 18.8. The van der Waals surface area contributed by atoms with Crippen molar-refractivity contribution in [1.29, 1.82) is 0 Å². The van der Waals surface area contributed by atoms with Gasteiger partial charge in [0.1, 0.15) is 17.2 Å². The van der Waals surface area contributed by atoms with Crippen LogP contribution in [0.1, 0.15) is 33.1 Å². The van der Waals surface area contributed by atoms with Crippen LogP contribution in [0.4, 0.5) is 38.1 Å². The molecule has 206 valence electrons. The number of β-amino-alcohol motifs (C(OH)–C–C–N with tert-alkyl or cyclic N) is 1. The predicted molar refractivity (Wildman–Crippen MR) is 134 cm³/mol. The molecule has 3 N–H and O–H groups in total. The van der Waals surface area contributed by atoms with Crippen molar-refractivity contribution in [3.05, 3.63) is 87.6 Å². The lowest BCUT2D eigenvalue weighted by Gasteiger charge is -2.27. The summed E-state index contributed by atoms with van der Waals surface area (Å²) in [6.45, 7) is -1.24. The van der Waals surface area contributed by atoms with Crippen molar-refractivity contribution >= 4 is 45.8 Å². The van der Waals surface area contributed by atoms with Crippen LogP contribution in [0.5, 0.6) is 0 Å². The number of hydrogen-bond acceptors (Lipinski definition) is 4. The van der Waals surface area contributed by atoms with Gasteiger partial charge in [-0.3, -0.25) is 14.4 Å². The highest BCUT2D eigenvalue weighted by molar-refractivity contribution is 6.31. The van der Waals surface area contributed by atoms with Crippen molar-refractivity contribution in [2.24, 2.45) is 7.05 Å². The number of alkyl halides is 3. The molecule has 1 aromatic heterocycles. The highest BCUT2D eigenvalue weighted by Gasteiger charge is 2.61. The van der Waals surface area contributed by atoms with E-state index in [0.717, 1.165) is 24.3 Å². The molecule has 6 rings (SSSR count). The molecule has 0 saturated heterocycles. The van der Waals surface area contributed by atoms with Crippen LogP contribution in [0, 0.1) is 11.6 Å². The van der Waals surface area contributed by atoms with Gasteiger partial charge in [0.15, 0.2) is 0 Å². The molecule has 0 bridgehead atoms. The summed E-state index contributed by atoms with van der Waals surface area (Å²) in [6.07, 6.45) is -3.66. The molecule has 0 aliphatic carbocycles. The van der Waals surface area contributed by atoms with Crippen LogP contribution in [0.2, 0.25) is 5.02 Å². The Morgan fingerprint density at radius 3 is 2.60 bits per heavy atom. The molecular formula is C26H17ClF5N5O3. The fourth-order valence-electron chi connectivity index (χ4n) is 5.26. The summed E-state index contributed by atoms with van der Waals surface area (Å²) in [5.74, 6) is -2.25. The maximum absolute atomic E-state index is 14.2. The highest BCUT2D eigenvalue weighted by Crippen LogP contribution is 2.49. The Morgan fingerprint density at radius 1 is 1.18 bits per heavy atom. The molecule has 2 atom stereocenters. The van der Waals surface area contributed by atoms with Crippen molar-refractivity contribution in [3.8, 4) is 0 Å². The van der Waals surface area contributed by atoms with Crippen LogP contribution < -0.4 is 15.5 Å². The normalized spacial score (nSPS) is 20.1. The Bertz CT molecular complexity index is 1760. The number of aryl methyl sites for hydroxylation is 1. The molecular weight excluding hydrogens is 561 g/mol. The average Bonchev–Trinajstić information content (AvgIpc) is 3.51. The molecule has 2 aliphatic heterocycles. The standard InChI is InChI=1S/C26H17ClF5N5O3/c1-36-9-11-6-17(19-20(21(11)35-36)23(38)34-22(19)14-7-12(28)2-4-16(14)27)33-24(39)37-10-25(40,26(30,31)32)15-8-13(29)3-5-18(15)37/h2-9,22,40H,10H2,1H3,(H,33,39)(H,34,38)/t22?,25-/m0/s1. The van der Waals surface area contributed by atoms with E-state index in [0.29, 0.717) is 16.4 Å². The van der Waals surface area contributed by atoms with Gasteiger partial charge in [-0.2, -0.15) is 18.3 Å². The molecule has 8 nitrogen and oxygen atoms in total.